The molecule has 0 aliphatic rings. The van der Waals surface area contributed by atoms with Crippen molar-refractivity contribution in [1.29, 1.82) is 0 Å². The number of ether oxygens (including phenoxy) is 1. The highest BCUT2D eigenvalue weighted by atomic mass is 35.5. The largest absolute Gasteiger partial charge is 0.496 e. The van der Waals surface area contributed by atoms with Gasteiger partial charge in [-0.25, -0.2) is 0 Å². The number of hydrogen-bond acceptors (Lipinski definition) is 3. The van der Waals surface area contributed by atoms with E-state index < -0.39 is 0 Å². The molecule has 2 aromatic rings. The summed E-state index contributed by atoms with van der Waals surface area (Å²) in [6.45, 7) is 0.380. The van der Waals surface area contributed by atoms with Crippen molar-refractivity contribution >= 4 is 52.5 Å². The van der Waals surface area contributed by atoms with Crippen LogP contribution in [0.4, 0.5) is 0 Å². The highest BCUT2D eigenvalue weighted by molar-refractivity contribution is 7.80. The third kappa shape index (κ3) is 6.05. The zero-order chi connectivity index (χ0) is 18.2. The summed E-state index contributed by atoms with van der Waals surface area (Å²) in [5, 5.41) is 6.80. The predicted molar refractivity (Wildman–Crippen MR) is 106 cm³/mol. The van der Waals surface area contributed by atoms with Gasteiger partial charge in [0.1, 0.15) is 5.75 Å². The Morgan fingerprint density at radius 1 is 1.24 bits per heavy atom. The molecule has 0 spiro atoms. The SMILES string of the molecule is COc1ccccc1/C=C/C(=O)NC(=S)NCc1ccc(Cl)cc1Cl. The summed E-state index contributed by atoms with van der Waals surface area (Å²) in [7, 11) is 1.58. The average Bonchev–Trinajstić information content (AvgIpc) is 2.59. The molecule has 0 aliphatic heterocycles. The molecule has 25 heavy (non-hydrogen) atoms. The molecule has 0 unspecified atom stereocenters. The van der Waals surface area contributed by atoms with Crippen LogP contribution in [0, 0.1) is 0 Å². The Morgan fingerprint density at radius 2 is 2.00 bits per heavy atom. The maximum Gasteiger partial charge on any atom is 0.250 e. The van der Waals surface area contributed by atoms with E-state index in [1.807, 2.05) is 24.3 Å². The molecule has 2 rings (SSSR count). The lowest BCUT2D eigenvalue weighted by Crippen LogP contribution is -2.38. The van der Waals surface area contributed by atoms with E-state index in [1.165, 1.54) is 6.08 Å². The molecule has 0 aliphatic carbocycles. The van der Waals surface area contributed by atoms with E-state index in [2.05, 4.69) is 10.6 Å². The van der Waals surface area contributed by atoms with Crippen LogP contribution in [0.25, 0.3) is 6.08 Å². The number of thiocarbonyl (C=S) groups is 1. The van der Waals surface area contributed by atoms with Crippen LogP contribution in [-0.4, -0.2) is 18.1 Å². The third-order valence-corrected chi connectivity index (χ3v) is 4.08. The lowest BCUT2D eigenvalue weighted by Gasteiger charge is -2.09. The Labute approximate surface area is 161 Å². The first kappa shape index (κ1) is 19.2. The number of para-hydroxylation sites is 1. The predicted octanol–water partition coefficient (Wildman–Crippen LogP) is 4.21. The molecule has 0 heterocycles. The van der Waals surface area contributed by atoms with Gasteiger partial charge in [0.05, 0.1) is 7.11 Å². The minimum absolute atomic E-state index is 0.209. The van der Waals surface area contributed by atoms with Crippen molar-refractivity contribution in [1.82, 2.24) is 10.6 Å². The number of halogens is 2. The number of amides is 1. The van der Waals surface area contributed by atoms with Gasteiger partial charge in [-0.05, 0) is 42.1 Å². The first-order valence-corrected chi connectivity index (χ1v) is 8.50. The van der Waals surface area contributed by atoms with Crippen molar-refractivity contribution in [3.05, 3.63) is 69.7 Å². The molecule has 0 atom stereocenters. The molecule has 0 fully saturated rings. The van der Waals surface area contributed by atoms with E-state index in [0.717, 1.165) is 11.1 Å². The minimum atomic E-state index is -0.342. The third-order valence-electron chi connectivity index (χ3n) is 3.24. The van der Waals surface area contributed by atoms with Crippen LogP contribution >= 0.6 is 35.4 Å². The number of nitrogens with one attached hydrogen (secondary N) is 2. The summed E-state index contributed by atoms with van der Waals surface area (Å²) in [6.07, 6.45) is 3.05. The summed E-state index contributed by atoms with van der Waals surface area (Å²) in [6, 6.07) is 12.6. The molecule has 130 valence electrons. The van der Waals surface area contributed by atoms with Crippen molar-refractivity contribution in [2.24, 2.45) is 0 Å². The fourth-order valence-corrected chi connectivity index (χ4v) is 2.66. The summed E-state index contributed by atoms with van der Waals surface area (Å²) in [5.74, 6) is 0.343. The standard InChI is InChI=1S/C18H16Cl2N2O2S/c1-24-16-5-3-2-4-12(16)7-9-17(23)22-18(25)21-11-13-6-8-14(19)10-15(13)20/h2-10H,11H2,1H3,(H2,21,22,23,25)/b9-7+. The van der Waals surface area contributed by atoms with Crippen LogP contribution in [0.5, 0.6) is 5.75 Å². The van der Waals surface area contributed by atoms with Crippen LogP contribution < -0.4 is 15.4 Å². The van der Waals surface area contributed by atoms with Crippen molar-refractivity contribution in [2.45, 2.75) is 6.54 Å². The van der Waals surface area contributed by atoms with Gasteiger partial charge in [-0.15, -0.1) is 0 Å². The lowest BCUT2D eigenvalue weighted by molar-refractivity contribution is -0.115. The smallest absolute Gasteiger partial charge is 0.250 e. The van der Waals surface area contributed by atoms with Gasteiger partial charge in [-0.2, -0.15) is 0 Å². The molecule has 7 heteroatoms. The molecular formula is C18H16Cl2N2O2S. The van der Waals surface area contributed by atoms with Crippen LogP contribution in [0.2, 0.25) is 10.0 Å². The molecule has 0 saturated heterocycles. The first-order chi connectivity index (χ1) is 12.0. The van der Waals surface area contributed by atoms with E-state index in [-0.39, 0.29) is 11.0 Å². The highest BCUT2D eigenvalue weighted by Crippen LogP contribution is 2.20. The number of carbonyl (C=O) groups excluding carboxylic acids is 1. The first-order valence-electron chi connectivity index (χ1n) is 7.33. The fourth-order valence-electron chi connectivity index (χ4n) is 2.01. The van der Waals surface area contributed by atoms with Crippen molar-refractivity contribution in [2.75, 3.05) is 7.11 Å². The quantitative estimate of drug-likeness (QED) is 0.589. The summed E-state index contributed by atoms with van der Waals surface area (Å²) < 4.78 is 5.22. The van der Waals surface area contributed by atoms with E-state index in [0.29, 0.717) is 22.3 Å². The van der Waals surface area contributed by atoms with Crippen LogP contribution in [-0.2, 0) is 11.3 Å². The molecule has 0 radical (unpaired) electrons. The molecule has 1 amide bonds. The normalized spacial score (nSPS) is 10.5. The van der Waals surface area contributed by atoms with E-state index in [9.17, 15) is 4.79 Å². The minimum Gasteiger partial charge on any atom is -0.496 e. The number of hydrogen-bond donors (Lipinski definition) is 2. The van der Waals surface area contributed by atoms with Crippen molar-refractivity contribution < 1.29 is 9.53 Å². The van der Waals surface area contributed by atoms with Gasteiger partial charge in [-0.3, -0.25) is 10.1 Å². The second-order valence-electron chi connectivity index (χ2n) is 4.98. The number of carbonyl (C=O) groups is 1. The molecule has 4 nitrogen and oxygen atoms in total. The highest BCUT2D eigenvalue weighted by Gasteiger charge is 2.05. The van der Waals surface area contributed by atoms with E-state index in [4.69, 9.17) is 40.2 Å². The molecular weight excluding hydrogens is 379 g/mol. The number of benzene rings is 2. The van der Waals surface area contributed by atoms with E-state index in [1.54, 1.807) is 31.4 Å². The molecule has 0 bridgehead atoms. The van der Waals surface area contributed by atoms with Gasteiger partial charge in [0.25, 0.3) is 0 Å². The van der Waals surface area contributed by atoms with Gasteiger partial charge in [-0.1, -0.05) is 47.5 Å². The van der Waals surface area contributed by atoms with E-state index >= 15 is 0 Å². The summed E-state index contributed by atoms with van der Waals surface area (Å²) in [4.78, 5) is 11.9. The molecule has 2 N–H and O–H groups in total. The van der Waals surface area contributed by atoms with Gasteiger partial charge >= 0.3 is 0 Å². The molecule has 0 aromatic heterocycles. The van der Waals surface area contributed by atoms with Gasteiger partial charge in [0.15, 0.2) is 5.11 Å². The monoisotopic (exact) mass is 394 g/mol. The van der Waals surface area contributed by atoms with Crippen molar-refractivity contribution in [3.63, 3.8) is 0 Å². The number of methoxy groups -OCH3 is 1. The zero-order valence-corrected chi connectivity index (χ0v) is 15.7. The lowest BCUT2D eigenvalue weighted by atomic mass is 10.2. The number of rotatable bonds is 5. The average molecular weight is 395 g/mol. The second-order valence-corrected chi connectivity index (χ2v) is 6.23. The molecule has 2 aromatic carbocycles. The topological polar surface area (TPSA) is 50.4 Å². The van der Waals surface area contributed by atoms with Crippen LogP contribution in [0.1, 0.15) is 11.1 Å². The molecule has 0 saturated carbocycles. The van der Waals surface area contributed by atoms with Gasteiger partial charge in [0.2, 0.25) is 5.91 Å². The van der Waals surface area contributed by atoms with Crippen molar-refractivity contribution in [3.8, 4) is 5.75 Å². The van der Waals surface area contributed by atoms with Crippen LogP contribution in [0.15, 0.2) is 48.5 Å². The Morgan fingerprint density at radius 3 is 2.72 bits per heavy atom. The Kier molecular flexibility index (Phi) is 7.25. The maximum atomic E-state index is 11.9. The van der Waals surface area contributed by atoms with Gasteiger partial charge in [0, 0.05) is 28.2 Å². The maximum absolute atomic E-state index is 11.9. The van der Waals surface area contributed by atoms with Gasteiger partial charge < -0.3 is 10.1 Å². The Hall–Kier alpha value is -2.08. The van der Waals surface area contributed by atoms with Crippen LogP contribution in [0.3, 0.4) is 0 Å². The summed E-state index contributed by atoms with van der Waals surface area (Å²) in [5.41, 5.74) is 1.62. The second kappa shape index (κ2) is 9.42. The Balaban J connectivity index is 1.87. The Bertz CT molecular complexity index is 809. The zero-order valence-electron chi connectivity index (χ0n) is 13.4. The fraction of sp³-hybridized carbons (Fsp3) is 0.111. The summed E-state index contributed by atoms with van der Waals surface area (Å²) >= 11 is 17.0.